The highest BCUT2D eigenvalue weighted by Gasteiger charge is 2.38. The Morgan fingerprint density at radius 1 is 1.06 bits per heavy atom. The smallest absolute Gasteiger partial charge is 0.283 e. The van der Waals surface area contributed by atoms with Gasteiger partial charge in [-0.05, 0) is 31.2 Å². The second-order valence-electron chi connectivity index (χ2n) is 6.74. The zero-order valence-electron chi connectivity index (χ0n) is 16.5. The first kappa shape index (κ1) is 20.8. The third-order valence-corrected chi connectivity index (χ3v) is 6.26. The van der Waals surface area contributed by atoms with E-state index >= 15 is 0 Å². The molecule has 1 fully saturated rings. The lowest BCUT2D eigenvalue weighted by molar-refractivity contribution is -0.385. The van der Waals surface area contributed by atoms with Gasteiger partial charge in [-0.1, -0.05) is 54.3 Å². The van der Waals surface area contributed by atoms with E-state index in [1.807, 2.05) is 18.2 Å². The number of carbonyl (C=O) groups excluding carboxylic acids is 1. The van der Waals surface area contributed by atoms with Crippen molar-refractivity contribution in [3.05, 3.63) is 91.2 Å². The van der Waals surface area contributed by atoms with Gasteiger partial charge >= 0.3 is 0 Å². The predicted octanol–water partition coefficient (Wildman–Crippen LogP) is 3.80. The average molecular weight is 453 g/mol. The van der Waals surface area contributed by atoms with Crippen LogP contribution in [-0.4, -0.2) is 24.5 Å². The second kappa shape index (κ2) is 7.97. The Bertz CT molecular complexity index is 1320. The van der Waals surface area contributed by atoms with Crippen LogP contribution in [0.1, 0.15) is 11.3 Å². The quantitative estimate of drug-likeness (QED) is 0.259. The molecule has 1 amide bonds. The zero-order valence-corrected chi connectivity index (χ0v) is 18.1. The molecule has 0 saturated carbocycles. The number of para-hydroxylation sites is 2. The van der Waals surface area contributed by atoms with Crippen molar-refractivity contribution in [3.63, 3.8) is 0 Å². The standard InChI is InChI=1S/C21H16N4O4S2/c1-13-18(20(27)24(22(13)2)15-9-4-3-5-10-15)23-19(26)17(31-21(23)30)12-14-8-6-7-11-16(14)25(28)29/h3-12H,1-2H3. The molecule has 0 radical (unpaired) electrons. The van der Waals surface area contributed by atoms with Gasteiger partial charge < -0.3 is 0 Å². The molecular formula is C21H16N4O4S2. The van der Waals surface area contributed by atoms with E-state index < -0.39 is 10.8 Å². The van der Waals surface area contributed by atoms with Gasteiger partial charge in [-0.25, -0.2) is 4.68 Å². The van der Waals surface area contributed by atoms with Crippen LogP contribution in [0.4, 0.5) is 11.4 Å². The number of nitro groups is 1. The molecule has 0 spiro atoms. The monoisotopic (exact) mass is 452 g/mol. The normalized spacial score (nSPS) is 15.2. The number of nitro benzene ring substituents is 1. The minimum absolute atomic E-state index is 0.116. The van der Waals surface area contributed by atoms with Gasteiger partial charge in [0.1, 0.15) is 5.69 Å². The average Bonchev–Trinajstić information content (AvgIpc) is 3.14. The summed E-state index contributed by atoms with van der Waals surface area (Å²) in [5, 5.41) is 11.3. The molecule has 2 heterocycles. The summed E-state index contributed by atoms with van der Waals surface area (Å²) in [4.78, 5) is 38.7. The van der Waals surface area contributed by atoms with Crippen LogP contribution in [0.3, 0.4) is 0 Å². The first-order chi connectivity index (χ1) is 14.8. The molecule has 0 unspecified atom stereocenters. The van der Waals surface area contributed by atoms with E-state index in [1.54, 1.807) is 49.0 Å². The molecule has 1 aromatic heterocycles. The Hall–Kier alpha value is -3.50. The Morgan fingerprint density at radius 3 is 2.39 bits per heavy atom. The number of amides is 1. The fourth-order valence-corrected chi connectivity index (χ4v) is 4.65. The summed E-state index contributed by atoms with van der Waals surface area (Å²) in [6.45, 7) is 1.74. The van der Waals surface area contributed by atoms with Crippen LogP contribution in [-0.2, 0) is 11.8 Å². The number of nitrogens with zero attached hydrogens (tertiary/aromatic N) is 4. The van der Waals surface area contributed by atoms with Gasteiger partial charge in [0.05, 0.1) is 26.8 Å². The lowest BCUT2D eigenvalue weighted by Crippen LogP contribution is -2.33. The first-order valence-corrected chi connectivity index (χ1v) is 10.4. The SMILES string of the molecule is Cc1c(N2C(=O)C(=Cc3ccccc3[N+](=O)[O-])SC2=S)c(=O)n(-c2ccccc2)n1C. The summed E-state index contributed by atoms with van der Waals surface area (Å²) in [5.41, 5.74) is 1.19. The van der Waals surface area contributed by atoms with Gasteiger partial charge in [-0.2, -0.15) is 0 Å². The van der Waals surface area contributed by atoms with E-state index in [2.05, 4.69) is 0 Å². The molecular weight excluding hydrogens is 436 g/mol. The second-order valence-corrected chi connectivity index (χ2v) is 8.42. The fraction of sp³-hybridized carbons (Fsp3) is 0.0952. The molecule has 4 rings (SSSR count). The van der Waals surface area contributed by atoms with E-state index in [-0.39, 0.29) is 26.2 Å². The molecule has 0 aliphatic carbocycles. The minimum atomic E-state index is -0.507. The summed E-state index contributed by atoms with van der Waals surface area (Å²) >= 11 is 6.41. The highest BCUT2D eigenvalue weighted by atomic mass is 32.2. The largest absolute Gasteiger partial charge is 0.296 e. The lowest BCUT2D eigenvalue weighted by atomic mass is 10.1. The molecule has 0 atom stereocenters. The lowest BCUT2D eigenvalue weighted by Gasteiger charge is -2.12. The van der Waals surface area contributed by atoms with Crippen molar-refractivity contribution < 1.29 is 9.72 Å². The van der Waals surface area contributed by atoms with Crippen molar-refractivity contribution in [1.82, 2.24) is 9.36 Å². The molecule has 0 N–H and O–H groups in total. The van der Waals surface area contributed by atoms with Crippen LogP contribution in [0, 0.1) is 17.0 Å². The van der Waals surface area contributed by atoms with Gasteiger partial charge in [-0.3, -0.25) is 29.3 Å². The van der Waals surface area contributed by atoms with Crippen molar-refractivity contribution in [2.24, 2.45) is 7.05 Å². The van der Waals surface area contributed by atoms with E-state index in [1.165, 1.54) is 21.7 Å². The molecule has 2 aromatic carbocycles. The topological polar surface area (TPSA) is 90.4 Å². The zero-order chi connectivity index (χ0) is 22.3. The third kappa shape index (κ3) is 3.49. The summed E-state index contributed by atoms with van der Waals surface area (Å²) in [6, 6.07) is 15.2. The number of thiocarbonyl (C=S) groups is 1. The van der Waals surface area contributed by atoms with E-state index in [4.69, 9.17) is 12.2 Å². The van der Waals surface area contributed by atoms with Crippen LogP contribution in [0.15, 0.2) is 64.3 Å². The van der Waals surface area contributed by atoms with Crippen LogP contribution in [0.25, 0.3) is 11.8 Å². The van der Waals surface area contributed by atoms with Gasteiger partial charge in [-0.15, -0.1) is 0 Å². The van der Waals surface area contributed by atoms with Gasteiger partial charge in [0.25, 0.3) is 17.2 Å². The minimum Gasteiger partial charge on any atom is -0.283 e. The molecule has 1 saturated heterocycles. The maximum absolute atomic E-state index is 13.3. The van der Waals surface area contributed by atoms with E-state index in [0.29, 0.717) is 16.9 Å². The van der Waals surface area contributed by atoms with E-state index in [9.17, 15) is 19.7 Å². The summed E-state index contributed by atoms with van der Waals surface area (Å²) in [6.07, 6.45) is 1.44. The van der Waals surface area contributed by atoms with Crippen LogP contribution in [0.2, 0.25) is 0 Å². The van der Waals surface area contributed by atoms with Crippen molar-refractivity contribution >= 4 is 51.7 Å². The maximum Gasteiger partial charge on any atom is 0.296 e. The third-order valence-electron chi connectivity index (χ3n) is 4.96. The summed E-state index contributed by atoms with van der Waals surface area (Å²) in [7, 11) is 1.73. The number of aromatic nitrogens is 2. The molecule has 10 heteroatoms. The Morgan fingerprint density at radius 2 is 1.71 bits per heavy atom. The maximum atomic E-state index is 13.3. The van der Waals surface area contributed by atoms with Crippen molar-refractivity contribution in [1.29, 1.82) is 0 Å². The Kier molecular flexibility index (Phi) is 5.34. The highest BCUT2D eigenvalue weighted by molar-refractivity contribution is 8.27. The number of benzene rings is 2. The fourth-order valence-electron chi connectivity index (χ4n) is 3.39. The highest BCUT2D eigenvalue weighted by Crippen LogP contribution is 2.37. The number of anilines is 1. The Balaban J connectivity index is 1.80. The predicted molar refractivity (Wildman–Crippen MR) is 124 cm³/mol. The van der Waals surface area contributed by atoms with Crippen molar-refractivity contribution in [2.45, 2.75) is 6.92 Å². The van der Waals surface area contributed by atoms with Gasteiger partial charge in [0, 0.05) is 13.1 Å². The van der Waals surface area contributed by atoms with Crippen LogP contribution < -0.4 is 10.5 Å². The summed E-state index contributed by atoms with van der Waals surface area (Å²) in [5.74, 6) is -0.487. The number of thioether (sulfide) groups is 1. The molecule has 31 heavy (non-hydrogen) atoms. The first-order valence-electron chi connectivity index (χ1n) is 9.16. The Labute approximate surface area is 186 Å². The molecule has 8 nitrogen and oxygen atoms in total. The van der Waals surface area contributed by atoms with Gasteiger partial charge in [0.15, 0.2) is 4.32 Å². The molecule has 1 aliphatic heterocycles. The molecule has 1 aliphatic rings. The summed E-state index contributed by atoms with van der Waals surface area (Å²) < 4.78 is 3.33. The number of hydrogen-bond donors (Lipinski definition) is 0. The molecule has 0 bridgehead atoms. The van der Waals surface area contributed by atoms with Crippen LogP contribution in [0.5, 0.6) is 0 Å². The van der Waals surface area contributed by atoms with Crippen molar-refractivity contribution in [3.8, 4) is 5.69 Å². The molecule has 156 valence electrons. The van der Waals surface area contributed by atoms with Gasteiger partial charge in [0.2, 0.25) is 0 Å². The van der Waals surface area contributed by atoms with Crippen molar-refractivity contribution in [2.75, 3.05) is 4.90 Å². The van der Waals surface area contributed by atoms with E-state index in [0.717, 1.165) is 11.8 Å². The number of hydrogen-bond acceptors (Lipinski definition) is 6. The number of rotatable bonds is 4. The van der Waals surface area contributed by atoms with Crippen LogP contribution >= 0.6 is 24.0 Å². The number of carbonyl (C=O) groups is 1. The molecule has 3 aromatic rings.